The molecule has 0 fully saturated rings. The van der Waals surface area contributed by atoms with Crippen molar-refractivity contribution < 1.29 is 19.8 Å². The van der Waals surface area contributed by atoms with Crippen molar-refractivity contribution in [1.82, 2.24) is 5.32 Å². The molecule has 0 radical (unpaired) electrons. The summed E-state index contributed by atoms with van der Waals surface area (Å²) in [5.41, 5.74) is 2.19. The molecule has 5 nitrogen and oxygen atoms in total. The zero-order valence-electron chi connectivity index (χ0n) is 11.8. The second kappa shape index (κ2) is 7.65. The topological polar surface area (TPSA) is 86.6 Å². The molecule has 0 saturated carbocycles. The van der Waals surface area contributed by atoms with Gasteiger partial charge in [0.15, 0.2) is 0 Å². The lowest BCUT2D eigenvalue weighted by Crippen LogP contribution is -2.38. The monoisotopic (exact) mass is 279 g/mol. The van der Waals surface area contributed by atoms with Crippen LogP contribution >= 0.6 is 0 Å². The molecule has 2 unspecified atom stereocenters. The number of aliphatic carboxylic acids is 2. The summed E-state index contributed by atoms with van der Waals surface area (Å²) in [5, 5.41) is 20.3. The van der Waals surface area contributed by atoms with Crippen LogP contribution in [0.25, 0.3) is 0 Å². The van der Waals surface area contributed by atoms with E-state index in [1.807, 2.05) is 24.3 Å². The molecule has 2 atom stereocenters. The number of nitrogens with one attached hydrogen (secondary N) is 1. The highest BCUT2D eigenvalue weighted by atomic mass is 16.4. The van der Waals surface area contributed by atoms with Crippen molar-refractivity contribution >= 4 is 11.9 Å². The molecule has 0 heterocycles. The number of carboxylic acids is 2. The highest BCUT2D eigenvalue weighted by molar-refractivity contribution is 5.80. The Balaban J connectivity index is 2.59. The molecule has 0 aliphatic rings. The quantitative estimate of drug-likeness (QED) is 0.679. The first-order valence-electron chi connectivity index (χ1n) is 6.70. The standard InChI is InChI=1S/C15H21NO4/c1-3-10(2)12-6-4-11(5-7-12)9-16-13(15(19)20)8-14(17)18/h4-7,10,13,16H,3,8-9H2,1-2H3,(H,17,18)(H,19,20). The van der Waals surface area contributed by atoms with Crippen LogP contribution in [0.4, 0.5) is 0 Å². The summed E-state index contributed by atoms with van der Waals surface area (Å²) in [6.07, 6.45) is 0.636. The van der Waals surface area contributed by atoms with Crippen LogP contribution in [-0.4, -0.2) is 28.2 Å². The van der Waals surface area contributed by atoms with Gasteiger partial charge in [0.05, 0.1) is 6.42 Å². The van der Waals surface area contributed by atoms with Gasteiger partial charge in [0, 0.05) is 6.54 Å². The molecular formula is C15H21NO4. The summed E-state index contributed by atoms with van der Waals surface area (Å²) in [4.78, 5) is 21.5. The predicted molar refractivity (Wildman–Crippen MR) is 75.7 cm³/mol. The fraction of sp³-hybridized carbons (Fsp3) is 0.467. The summed E-state index contributed by atoms with van der Waals surface area (Å²) in [6.45, 7) is 4.62. The van der Waals surface area contributed by atoms with Crippen LogP contribution in [0.5, 0.6) is 0 Å². The predicted octanol–water partition coefficient (Wildman–Crippen LogP) is 2.22. The number of hydrogen-bond acceptors (Lipinski definition) is 3. The SMILES string of the molecule is CCC(C)c1ccc(CNC(CC(=O)O)C(=O)O)cc1. The first-order chi connectivity index (χ1) is 9.43. The van der Waals surface area contributed by atoms with Crippen LogP contribution in [0, 0.1) is 0 Å². The highest BCUT2D eigenvalue weighted by Gasteiger charge is 2.20. The first kappa shape index (κ1) is 16.2. The van der Waals surface area contributed by atoms with Crippen molar-refractivity contribution in [3.05, 3.63) is 35.4 Å². The third kappa shape index (κ3) is 5.01. The van der Waals surface area contributed by atoms with Crippen molar-refractivity contribution in [3.8, 4) is 0 Å². The van der Waals surface area contributed by atoms with Gasteiger partial charge in [-0.15, -0.1) is 0 Å². The largest absolute Gasteiger partial charge is 0.481 e. The fourth-order valence-electron chi connectivity index (χ4n) is 1.86. The van der Waals surface area contributed by atoms with Crippen LogP contribution in [0.1, 0.15) is 43.7 Å². The lowest BCUT2D eigenvalue weighted by atomic mass is 9.97. The Morgan fingerprint density at radius 1 is 1.20 bits per heavy atom. The molecule has 5 heteroatoms. The van der Waals surface area contributed by atoms with E-state index in [4.69, 9.17) is 10.2 Å². The van der Waals surface area contributed by atoms with Crippen LogP contribution < -0.4 is 5.32 Å². The van der Waals surface area contributed by atoms with Crippen LogP contribution in [-0.2, 0) is 16.1 Å². The van der Waals surface area contributed by atoms with E-state index >= 15 is 0 Å². The first-order valence-corrected chi connectivity index (χ1v) is 6.70. The van der Waals surface area contributed by atoms with E-state index in [2.05, 4.69) is 19.2 Å². The summed E-state index contributed by atoms with van der Waals surface area (Å²) in [6, 6.07) is 6.86. The average Bonchev–Trinajstić information content (AvgIpc) is 2.42. The van der Waals surface area contributed by atoms with E-state index in [0.717, 1.165) is 12.0 Å². The zero-order valence-corrected chi connectivity index (χ0v) is 11.8. The molecule has 1 aromatic carbocycles. The Kier molecular flexibility index (Phi) is 6.18. The number of rotatable bonds is 8. The zero-order chi connectivity index (χ0) is 15.1. The van der Waals surface area contributed by atoms with Gasteiger partial charge >= 0.3 is 11.9 Å². The van der Waals surface area contributed by atoms with Crippen LogP contribution in [0.15, 0.2) is 24.3 Å². The second-order valence-electron chi connectivity index (χ2n) is 4.92. The normalized spacial score (nSPS) is 13.7. The molecule has 0 saturated heterocycles. The van der Waals surface area contributed by atoms with Gasteiger partial charge in [0.1, 0.15) is 6.04 Å². The van der Waals surface area contributed by atoms with Gasteiger partial charge in [-0.05, 0) is 23.5 Å². The smallest absolute Gasteiger partial charge is 0.321 e. The van der Waals surface area contributed by atoms with Gasteiger partial charge in [-0.25, -0.2) is 0 Å². The number of benzene rings is 1. The molecule has 0 aliphatic heterocycles. The summed E-state index contributed by atoms with van der Waals surface area (Å²) in [5.74, 6) is -1.78. The maximum absolute atomic E-state index is 10.9. The number of carboxylic acid groups (broad SMARTS) is 2. The second-order valence-corrected chi connectivity index (χ2v) is 4.92. The van der Waals surface area contributed by atoms with Gasteiger partial charge in [0.2, 0.25) is 0 Å². The Bertz CT molecular complexity index is 455. The molecule has 1 rings (SSSR count). The van der Waals surface area contributed by atoms with E-state index in [9.17, 15) is 9.59 Å². The number of carbonyl (C=O) groups is 2. The van der Waals surface area contributed by atoms with E-state index in [1.54, 1.807) is 0 Å². The Morgan fingerprint density at radius 2 is 1.80 bits per heavy atom. The molecule has 0 aromatic heterocycles. The van der Waals surface area contributed by atoms with E-state index in [-0.39, 0.29) is 0 Å². The third-order valence-corrected chi connectivity index (χ3v) is 3.39. The minimum Gasteiger partial charge on any atom is -0.481 e. The lowest BCUT2D eigenvalue weighted by Gasteiger charge is -2.13. The summed E-state index contributed by atoms with van der Waals surface area (Å²) in [7, 11) is 0. The summed E-state index contributed by atoms with van der Waals surface area (Å²) >= 11 is 0. The Hall–Kier alpha value is -1.88. The highest BCUT2D eigenvalue weighted by Crippen LogP contribution is 2.18. The van der Waals surface area contributed by atoms with E-state index in [0.29, 0.717) is 12.5 Å². The lowest BCUT2D eigenvalue weighted by molar-refractivity contribution is -0.146. The van der Waals surface area contributed by atoms with Crippen molar-refractivity contribution in [1.29, 1.82) is 0 Å². The van der Waals surface area contributed by atoms with Crippen molar-refractivity contribution in [2.75, 3.05) is 0 Å². The van der Waals surface area contributed by atoms with Gasteiger partial charge in [-0.1, -0.05) is 38.1 Å². The molecule has 0 bridgehead atoms. The van der Waals surface area contributed by atoms with E-state index < -0.39 is 24.4 Å². The maximum atomic E-state index is 10.9. The number of hydrogen-bond donors (Lipinski definition) is 3. The molecule has 0 aliphatic carbocycles. The van der Waals surface area contributed by atoms with E-state index in [1.165, 1.54) is 5.56 Å². The van der Waals surface area contributed by atoms with Gasteiger partial charge in [-0.2, -0.15) is 0 Å². The molecular weight excluding hydrogens is 258 g/mol. The van der Waals surface area contributed by atoms with Crippen molar-refractivity contribution in [2.24, 2.45) is 0 Å². The molecule has 20 heavy (non-hydrogen) atoms. The van der Waals surface area contributed by atoms with Crippen molar-refractivity contribution in [2.45, 2.75) is 45.2 Å². The molecule has 3 N–H and O–H groups in total. The van der Waals surface area contributed by atoms with Gasteiger partial charge in [-0.3, -0.25) is 14.9 Å². The molecule has 110 valence electrons. The fourth-order valence-corrected chi connectivity index (χ4v) is 1.86. The van der Waals surface area contributed by atoms with Crippen LogP contribution in [0.3, 0.4) is 0 Å². The Labute approximate surface area is 118 Å². The van der Waals surface area contributed by atoms with Gasteiger partial charge < -0.3 is 10.2 Å². The third-order valence-electron chi connectivity index (χ3n) is 3.39. The average molecular weight is 279 g/mol. The maximum Gasteiger partial charge on any atom is 0.321 e. The minimum absolute atomic E-state index is 0.338. The van der Waals surface area contributed by atoms with Gasteiger partial charge in [0.25, 0.3) is 0 Å². The van der Waals surface area contributed by atoms with Crippen LogP contribution in [0.2, 0.25) is 0 Å². The summed E-state index contributed by atoms with van der Waals surface area (Å²) < 4.78 is 0. The van der Waals surface area contributed by atoms with Crippen molar-refractivity contribution in [3.63, 3.8) is 0 Å². The Morgan fingerprint density at radius 3 is 2.25 bits per heavy atom. The molecule has 1 aromatic rings. The molecule has 0 spiro atoms. The molecule has 0 amide bonds. The minimum atomic E-state index is -1.15.